The molecule has 6 nitrogen and oxygen atoms in total. The topological polar surface area (TPSA) is 78.9 Å². The maximum absolute atomic E-state index is 12.8. The highest BCUT2D eigenvalue weighted by molar-refractivity contribution is 5.71. The second kappa shape index (κ2) is 55.2. The first-order valence-corrected chi connectivity index (χ1v) is 28.1. The minimum Gasteiger partial charge on any atom is -0.462 e. The van der Waals surface area contributed by atoms with Crippen molar-refractivity contribution in [2.45, 2.75) is 271 Å². The highest BCUT2D eigenvalue weighted by atomic mass is 16.6. The Balaban J connectivity index is 4.23. The van der Waals surface area contributed by atoms with Gasteiger partial charge in [0.15, 0.2) is 6.10 Å². The lowest BCUT2D eigenvalue weighted by atomic mass is 10.1. The molecule has 0 saturated carbocycles. The molecule has 0 rings (SSSR count). The van der Waals surface area contributed by atoms with Crippen molar-refractivity contribution in [3.63, 3.8) is 0 Å². The fourth-order valence-corrected chi connectivity index (χ4v) is 7.66. The highest BCUT2D eigenvalue weighted by Crippen LogP contribution is 2.15. The average molecular weight is 933 g/mol. The summed E-state index contributed by atoms with van der Waals surface area (Å²) < 4.78 is 16.8. The van der Waals surface area contributed by atoms with Gasteiger partial charge in [0.25, 0.3) is 0 Å². The van der Waals surface area contributed by atoms with Crippen LogP contribution in [0.2, 0.25) is 0 Å². The van der Waals surface area contributed by atoms with E-state index < -0.39 is 6.10 Å². The molecule has 0 heterocycles. The Kier molecular flexibility index (Phi) is 52.4. The van der Waals surface area contributed by atoms with Crippen molar-refractivity contribution in [3.05, 3.63) is 85.1 Å². The van der Waals surface area contributed by atoms with E-state index in [4.69, 9.17) is 14.2 Å². The molecular weight excluding hydrogens is 829 g/mol. The van der Waals surface area contributed by atoms with Gasteiger partial charge in [-0.1, -0.05) is 241 Å². The van der Waals surface area contributed by atoms with Gasteiger partial charge in [-0.05, 0) is 89.9 Å². The minimum absolute atomic E-state index is 0.0803. The summed E-state index contributed by atoms with van der Waals surface area (Å²) in [6, 6.07) is 0. The summed E-state index contributed by atoms with van der Waals surface area (Å²) in [5.74, 6) is -0.897. The Bertz CT molecular complexity index is 1300. The third kappa shape index (κ3) is 53.4. The lowest BCUT2D eigenvalue weighted by Crippen LogP contribution is -2.30. The zero-order valence-electron chi connectivity index (χ0n) is 43.9. The average Bonchev–Trinajstić information content (AvgIpc) is 3.33. The molecular formula is C61H104O6. The van der Waals surface area contributed by atoms with E-state index >= 15 is 0 Å². The van der Waals surface area contributed by atoms with Crippen molar-refractivity contribution in [1.29, 1.82) is 0 Å². The molecule has 1 unspecified atom stereocenters. The Morgan fingerprint density at radius 3 is 0.970 bits per heavy atom. The molecule has 0 fully saturated rings. The molecule has 0 aromatic heterocycles. The normalized spacial score (nSPS) is 12.7. The van der Waals surface area contributed by atoms with E-state index in [0.717, 1.165) is 116 Å². The summed E-state index contributed by atoms with van der Waals surface area (Å²) >= 11 is 0. The second-order valence-electron chi connectivity index (χ2n) is 18.5. The van der Waals surface area contributed by atoms with Crippen LogP contribution in [0.3, 0.4) is 0 Å². The molecule has 0 spiro atoms. The molecule has 0 aliphatic carbocycles. The van der Waals surface area contributed by atoms with Gasteiger partial charge in [0.1, 0.15) is 13.2 Å². The Morgan fingerprint density at radius 2 is 0.597 bits per heavy atom. The van der Waals surface area contributed by atoms with Crippen LogP contribution in [0.1, 0.15) is 265 Å². The smallest absolute Gasteiger partial charge is 0.306 e. The van der Waals surface area contributed by atoms with Gasteiger partial charge in [-0.25, -0.2) is 0 Å². The summed E-state index contributed by atoms with van der Waals surface area (Å²) in [5.41, 5.74) is 0. The van der Waals surface area contributed by atoms with Crippen LogP contribution in [0.25, 0.3) is 0 Å². The maximum atomic E-state index is 12.8. The van der Waals surface area contributed by atoms with Crippen molar-refractivity contribution in [2.24, 2.45) is 0 Å². The SMILES string of the molecule is CC/C=C\C/C=C\C/C=C\C/C=C\C/C=C\C/C=C\CCCCCCCCCCC(=O)OCC(COC(=O)CCCCCCCCCCCCC)OC(=O)CCCCCCC/C=C\CCCC. The molecule has 0 radical (unpaired) electrons. The predicted molar refractivity (Wildman–Crippen MR) is 288 cm³/mol. The van der Waals surface area contributed by atoms with Crippen LogP contribution in [0.15, 0.2) is 85.1 Å². The van der Waals surface area contributed by atoms with Crippen LogP contribution in [0, 0.1) is 0 Å². The molecule has 0 amide bonds. The highest BCUT2D eigenvalue weighted by Gasteiger charge is 2.19. The fraction of sp³-hybridized carbons (Fsp3) is 0.721. The number of carbonyl (C=O) groups is 3. The van der Waals surface area contributed by atoms with Crippen molar-refractivity contribution < 1.29 is 28.6 Å². The molecule has 1 atom stereocenters. The van der Waals surface area contributed by atoms with Gasteiger partial charge in [0.2, 0.25) is 0 Å². The number of esters is 3. The number of rotatable bonds is 50. The van der Waals surface area contributed by atoms with Crippen LogP contribution in [0.5, 0.6) is 0 Å². The first-order chi connectivity index (χ1) is 33.0. The predicted octanol–water partition coefficient (Wildman–Crippen LogP) is 18.8. The van der Waals surface area contributed by atoms with E-state index in [9.17, 15) is 14.4 Å². The van der Waals surface area contributed by atoms with Crippen molar-refractivity contribution in [2.75, 3.05) is 13.2 Å². The van der Waals surface area contributed by atoms with E-state index in [1.165, 1.54) is 109 Å². The van der Waals surface area contributed by atoms with Gasteiger partial charge in [-0.2, -0.15) is 0 Å². The number of unbranched alkanes of at least 4 members (excludes halogenated alkanes) is 25. The maximum Gasteiger partial charge on any atom is 0.306 e. The van der Waals surface area contributed by atoms with Crippen LogP contribution in [-0.2, 0) is 28.6 Å². The van der Waals surface area contributed by atoms with Gasteiger partial charge in [0, 0.05) is 19.3 Å². The molecule has 0 aliphatic heterocycles. The van der Waals surface area contributed by atoms with Gasteiger partial charge in [-0.3, -0.25) is 14.4 Å². The monoisotopic (exact) mass is 933 g/mol. The number of hydrogen-bond donors (Lipinski definition) is 0. The van der Waals surface area contributed by atoms with Crippen molar-refractivity contribution in [1.82, 2.24) is 0 Å². The minimum atomic E-state index is -0.781. The van der Waals surface area contributed by atoms with E-state index in [1.807, 2.05) is 0 Å². The first kappa shape index (κ1) is 63.6. The quantitative estimate of drug-likeness (QED) is 0.0262. The number of hydrogen-bond acceptors (Lipinski definition) is 6. The largest absolute Gasteiger partial charge is 0.462 e. The molecule has 67 heavy (non-hydrogen) atoms. The van der Waals surface area contributed by atoms with Gasteiger partial charge >= 0.3 is 17.9 Å². The second-order valence-corrected chi connectivity index (χ2v) is 18.5. The van der Waals surface area contributed by atoms with Crippen LogP contribution in [0.4, 0.5) is 0 Å². The molecule has 0 bridgehead atoms. The van der Waals surface area contributed by atoms with Crippen LogP contribution >= 0.6 is 0 Å². The Hall–Kier alpha value is -3.41. The van der Waals surface area contributed by atoms with Gasteiger partial charge in [0.05, 0.1) is 0 Å². The fourth-order valence-electron chi connectivity index (χ4n) is 7.66. The standard InChI is InChI=1S/C61H104O6/c1-4-7-10-13-16-19-22-23-24-25-26-27-28-29-30-31-32-33-34-35-36-37-40-42-45-48-51-54-60(63)66-57-58(67-61(64)55-52-49-46-43-39-21-18-15-12-9-6-3)56-65-59(62)53-50-47-44-41-38-20-17-14-11-8-5-2/h7,10,15-16,18-19,23-24,26-27,29-30,32-33,58H,4-6,8-9,11-14,17,20-22,25,28,31,34-57H2,1-3H3/b10-7-,18-15-,19-16-,24-23-,27-26-,30-29-,33-32-. The third-order valence-corrected chi connectivity index (χ3v) is 11.9. The summed E-state index contributed by atoms with van der Waals surface area (Å²) in [4.78, 5) is 38.0. The molecule has 384 valence electrons. The number of ether oxygens (including phenoxy) is 3. The molecule has 6 heteroatoms. The molecule has 0 aromatic rings. The molecule has 0 aromatic carbocycles. The van der Waals surface area contributed by atoms with Crippen molar-refractivity contribution in [3.8, 4) is 0 Å². The number of carbonyl (C=O) groups excluding carboxylic acids is 3. The summed E-state index contributed by atoms with van der Waals surface area (Å²) in [6.45, 7) is 6.47. The zero-order valence-corrected chi connectivity index (χ0v) is 43.9. The summed E-state index contributed by atoms with van der Waals surface area (Å²) in [7, 11) is 0. The number of allylic oxidation sites excluding steroid dienone is 14. The summed E-state index contributed by atoms with van der Waals surface area (Å²) in [5, 5.41) is 0. The Labute approximate surface area is 414 Å². The van der Waals surface area contributed by atoms with E-state index in [0.29, 0.717) is 19.3 Å². The third-order valence-electron chi connectivity index (χ3n) is 11.9. The summed E-state index contributed by atoms with van der Waals surface area (Å²) in [6.07, 6.45) is 71.5. The molecule has 0 N–H and O–H groups in total. The first-order valence-electron chi connectivity index (χ1n) is 28.1. The van der Waals surface area contributed by atoms with Crippen LogP contribution < -0.4 is 0 Å². The van der Waals surface area contributed by atoms with Crippen molar-refractivity contribution >= 4 is 17.9 Å². The lowest BCUT2D eigenvalue weighted by Gasteiger charge is -2.18. The van der Waals surface area contributed by atoms with E-state index in [1.54, 1.807) is 0 Å². The van der Waals surface area contributed by atoms with E-state index in [2.05, 4.69) is 106 Å². The molecule has 0 saturated heterocycles. The Morgan fingerprint density at radius 1 is 0.313 bits per heavy atom. The lowest BCUT2D eigenvalue weighted by molar-refractivity contribution is -0.167. The van der Waals surface area contributed by atoms with Gasteiger partial charge < -0.3 is 14.2 Å². The van der Waals surface area contributed by atoms with E-state index in [-0.39, 0.29) is 31.1 Å². The van der Waals surface area contributed by atoms with Gasteiger partial charge in [-0.15, -0.1) is 0 Å². The zero-order chi connectivity index (χ0) is 48.6. The van der Waals surface area contributed by atoms with Crippen LogP contribution in [-0.4, -0.2) is 37.2 Å². The molecule has 0 aliphatic rings.